The van der Waals surface area contributed by atoms with Crippen molar-refractivity contribution in [3.63, 3.8) is 0 Å². The van der Waals surface area contributed by atoms with E-state index in [1.807, 2.05) is 0 Å². The SMILES string of the molecule is O=C(O)c1ccc(Br)cc1OCc1cccc(O)c1. The Morgan fingerprint density at radius 2 is 2.00 bits per heavy atom. The van der Waals surface area contributed by atoms with Gasteiger partial charge in [0.15, 0.2) is 0 Å². The molecule has 0 spiro atoms. The molecule has 0 aliphatic heterocycles. The summed E-state index contributed by atoms with van der Waals surface area (Å²) in [5, 5.41) is 18.4. The van der Waals surface area contributed by atoms with Gasteiger partial charge in [0.2, 0.25) is 0 Å². The van der Waals surface area contributed by atoms with Crippen LogP contribution in [0.25, 0.3) is 0 Å². The number of carboxylic acids is 1. The minimum absolute atomic E-state index is 0.100. The Hall–Kier alpha value is -2.01. The van der Waals surface area contributed by atoms with E-state index in [-0.39, 0.29) is 23.7 Å². The summed E-state index contributed by atoms with van der Waals surface area (Å²) in [7, 11) is 0. The maximum absolute atomic E-state index is 11.1. The third kappa shape index (κ3) is 3.48. The molecule has 0 bridgehead atoms. The molecule has 0 atom stereocenters. The number of carboxylic acid groups (broad SMARTS) is 1. The zero-order valence-electron chi connectivity index (χ0n) is 9.84. The molecule has 2 rings (SSSR count). The number of aromatic carboxylic acids is 1. The van der Waals surface area contributed by atoms with Crippen LogP contribution >= 0.6 is 15.9 Å². The molecule has 98 valence electrons. The van der Waals surface area contributed by atoms with Crippen LogP contribution in [0.4, 0.5) is 0 Å². The van der Waals surface area contributed by atoms with Gasteiger partial charge in [0, 0.05) is 4.47 Å². The highest BCUT2D eigenvalue weighted by atomic mass is 79.9. The largest absolute Gasteiger partial charge is 0.508 e. The fourth-order valence-corrected chi connectivity index (χ4v) is 1.94. The van der Waals surface area contributed by atoms with E-state index >= 15 is 0 Å². The molecule has 0 radical (unpaired) electrons. The Kier molecular flexibility index (Phi) is 4.06. The molecule has 0 aromatic heterocycles. The maximum atomic E-state index is 11.1. The van der Waals surface area contributed by atoms with E-state index in [1.54, 1.807) is 36.4 Å². The van der Waals surface area contributed by atoms with E-state index in [4.69, 9.17) is 9.84 Å². The number of phenols is 1. The first-order valence-corrected chi connectivity index (χ1v) is 6.29. The summed E-state index contributed by atoms with van der Waals surface area (Å²) >= 11 is 3.27. The Morgan fingerprint density at radius 3 is 2.68 bits per heavy atom. The number of ether oxygens (including phenoxy) is 1. The molecular formula is C14H11BrO4. The van der Waals surface area contributed by atoms with E-state index < -0.39 is 5.97 Å². The van der Waals surface area contributed by atoms with Crippen LogP contribution in [0.5, 0.6) is 11.5 Å². The van der Waals surface area contributed by atoms with Crippen molar-refractivity contribution in [2.45, 2.75) is 6.61 Å². The predicted molar refractivity (Wildman–Crippen MR) is 73.5 cm³/mol. The van der Waals surface area contributed by atoms with Crippen LogP contribution in [0.2, 0.25) is 0 Å². The molecule has 5 heteroatoms. The normalized spacial score (nSPS) is 10.2. The first kappa shape index (κ1) is 13.4. The van der Waals surface area contributed by atoms with Crippen LogP contribution in [0, 0.1) is 0 Å². The van der Waals surface area contributed by atoms with Gasteiger partial charge < -0.3 is 14.9 Å². The number of phenolic OH excluding ortho intramolecular Hbond substituents is 1. The van der Waals surface area contributed by atoms with Gasteiger partial charge in [0.05, 0.1) is 0 Å². The lowest BCUT2D eigenvalue weighted by Crippen LogP contribution is -2.03. The highest BCUT2D eigenvalue weighted by molar-refractivity contribution is 9.10. The maximum Gasteiger partial charge on any atom is 0.339 e. The smallest absolute Gasteiger partial charge is 0.339 e. The third-order valence-electron chi connectivity index (χ3n) is 2.48. The van der Waals surface area contributed by atoms with Crippen LogP contribution in [-0.4, -0.2) is 16.2 Å². The zero-order chi connectivity index (χ0) is 13.8. The van der Waals surface area contributed by atoms with E-state index in [0.29, 0.717) is 0 Å². The molecule has 2 aromatic rings. The topological polar surface area (TPSA) is 66.8 Å². The summed E-state index contributed by atoms with van der Waals surface area (Å²) in [6.07, 6.45) is 0. The highest BCUT2D eigenvalue weighted by Gasteiger charge is 2.11. The first-order chi connectivity index (χ1) is 9.06. The molecule has 0 saturated heterocycles. The fourth-order valence-electron chi connectivity index (χ4n) is 1.60. The Morgan fingerprint density at radius 1 is 1.21 bits per heavy atom. The van der Waals surface area contributed by atoms with Crippen LogP contribution in [-0.2, 0) is 6.61 Å². The molecule has 0 fully saturated rings. The van der Waals surface area contributed by atoms with Crippen molar-refractivity contribution in [3.05, 3.63) is 58.1 Å². The number of hydrogen-bond acceptors (Lipinski definition) is 3. The number of rotatable bonds is 4. The van der Waals surface area contributed by atoms with Gasteiger partial charge in [-0.3, -0.25) is 0 Å². The standard InChI is InChI=1S/C14H11BrO4/c15-10-4-5-12(14(17)18)13(7-10)19-8-9-2-1-3-11(16)6-9/h1-7,16H,8H2,(H,17,18). The summed E-state index contributed by atoms with van der Waals surface area (Å²) in [4.78, 5) is 11.1. The van der Waals surface area contributed by atoms with Gasteiger partial charge >= 0.3 is 5.97 Å². The molecule has 0 aliphatic carbocycles. The van der Waals surface area contributed by atoms with Crippen molar-refractivity contribution in [3.8, 4) is 11.5 Å². The lowest BCUT2D eigenvalue weighted by atomic mass is 10.2. The van der Waals surface area contributed by atoms with Crippen molar-refractivity contribution in [1.82, 2.24) is 0 Å². The van der Waals surface area contributed by atoms with Gasteiger partial charge in [0.1, 0.15) is 23.7 Å². The van der Waals surface area contributed by atoms with Crippen LogP contribution in [0.1, 0.15) is 15.9 Å². The first-order valence-electron chi connectivity index (χ1n) is 5.50. The molecular weight excluding hydrogens is 312 g/mol. The Labute approximate surface area is 118 Å². The van der Waals surface area contributed by atoms with Crippen LogP contribution in [0.15, 0.2) is 46.9 Å². The van der Waals surface area contributed by atoms with Crippen LogP contribution in [0.3, 0.4) is 0 Å². The second-order valence-corrected chi connectivity index (χ2v) is 4.82. The minimum Gasteiger partial charge on any atom is -0.508 e. The quantitative estimate of drug-likeness (QED) is 0.905. The summed E-state index contributed by atoms with van der Waals surface area (Å²) in [6, 6.07) is 11.3. The second-order valence-electron chi connectivity index (χ2n) is 3.90. The molecule has 0 unspecified atom stereocenters. The summed E-state index contributed by atoms with van der Waals surface area (Å²) in [6.45, 7) is 0.186. The molecule has 2 N–H and O–H groups in total. The average molecular weight is 323 g/mol. The molecule has 0 amide bonds. The molecule has 19 heavy (non-hydrogen) atoms. The summed E-state index contributed by atoms with van der Waals surface area (Å²) in [5.74, 6) is -0.613. The number of aromatic hydroxyl groups is 1. The third-order valence-corrected chi connectivity index (χ3v) is 2.97. The van der Waals surface area contributed by atoms with E-state index in [2.05, 4.69) is 15.9 Å². The van der Waals surface area contributed by atoms with Gasteiger partial charge in [-0.1, -0.05) is 28.1 Å². The second kappa shape index (κ2) is 5.75. The van der Waals surface area contributed by atoms with Crippen molar-refractivity contribution in [2.75, 3.05) is 0 Å². The summed E-state index contributed by atoms with van der Waals surface area (Å²) < 4.78 is 6.24. The zero-order valence-corrected chi connectivity index (χ0v) is 11.4. The van der Waals surface area contributed by atoms with Crippen molar-refractivity contribution >= 4 is 21.9 Å². The predicted octanol–water partition coefficient (Wildman–Crippen LogP) is 3.43. The molecule has 0 aliphatic rings. The van der Waals surface area contributed by atoms with Crippen molar-refractivity contribution < 1.29 is 19.7 Å². The lowest BCUT2D eigenvalue weighted by Gasteiger charge is -2.10. The summed E-state index contributed by atoms with van der Waals surface area (Å²) in [5.41, 5.74) is 0.861. The minimum atomic E-state index is -1.04. The molecule has 4 nitrogen and oxygen atoms in total. The van der Waals surface area contributed by atoms with E-state index in [9.17, 15) is 9.90 Å². The Bertz CT molecular complexity index is 610. The van der Waals surface area contributed by atoms with Crippen molar-refractivity contribution in [2.24, 2.45) is 0 Å². The number of halogens is 1. The van der Waals surface area contributed by atoms with Crippen molar-refractivity contribution in [1.29, 1.82) is 0 Å². The lowest BCUT2D eigenvalue weighted by molar-refractivity contribution is 0.0691. The van der Waals surface area contributed by atoms with Gasteiger partial charge in [-0.2, -0.15) is 0 Å². The molecule has 2 aromatic carbocycles. The number of benzene rings is 2. The molecule has 0 saturated carbocycles. The van der Waals surface area contributed by atoms with Gasteiger partial charge in [0.25, 0.3) is 0 Å². The average Bonchev–Trinajstić information content (AvgIpc) is 2.36. The number of carbonyl (C=O) groups is 1. The van der Waals surface area contributed by atoms with Gasteiger partial charge in [-0.25, -0.2) is 4.79 Å². The highest BCUT2D eigenvalue weighted by Crippen LogP contribution is 2.25. The van der Waals surface area contributed by atoms with E-state index in [1.165, 1.54) is 6.07 Å². The van der Waals surface area contributed by atoms with Gasteiger partial charge in [-0.15, -0.1) is 0 Å². The van der Waals surface area contributed by atoms with Crippen LogP contribution < -0.4 is 4.74 Å². The van der Waals surface area contributed by atoms with Gasteiger partial charge in [-0.05, 0) is 35.9 Å². The molecule has 0 heterocycles. The monoisotopic (exact) mass is 322 g/mol. The number of hydrogen-bond donors (Lipinski definition) is 2. The fraction of sp³-hybridized carbons (Fsp3) is 0.0714. The Balaban J connectivity index is 2.19. The van der Waals surface area contributed by atoms with E-state index in [0.717, 1.165) is 10.0 Å².